The molecule has 1 aromatic carbocycles. The Hall–Kier alpha value is -2.24. The summed E-state index contributed by atoms with van der Waals surface area (Å²) >= 11 is 0. The minimum absolute atomic E-state index is 0.122. The number of nitrogens with one attached hydrogen (secondary N) is 1. The molecule has 2 rings (SSSR count). The SMILES string of the molecule is COc1cc(C(=O)N[C@H]2CCCC[C@@H]2C)ccc1OCC(N)=O. The molecule has 0 bridgehead atoms. The van der Waals surface area contributed by atoms with Crippen LogP contribution in [0.4, 0.5) is 0 Å². The molecule has 0 aromatic heterocycles. The summed E-state index contributed by atoms with van der Waals surface area (Å²) in [7, 11) is 1.48. The minimum atomic E-state index is -0.569. The van der Waals surface area contributed by atoms with E-state index in [2.05, 4.69) is 12.2 Å². The molecule has 1 saturated carbocycles. The fourth-order valence-electron chi connectivity index (χ4n) is 2.86. The van der Waals surface area contributed by atoms with Gasteiger partial charge in [0.05, 0.1) is 7.11 Å². The zero-order valence-corrected chi connectivity index (χ0v) is 13.6. The van der Waals surface area contributed by atoms with E-state index in [0.717, 1.165) is 19.3 Å². The van der Waals surface area contributed by atoms with Crippen molar-refractivity contribution in [3.05, 3.63) is 23.8 Å². The predicted molar refractivity (Wildman–Crippen MR) is 86.6 cm³/mol. The fraction of sp³-hybridized carbons (Fsp3) is 0.529. The molecule has 0 aliphatic heterocycles. The van der Waals surface area contributed by atoms with Gasteiger partial charge in [0.2, 0.25) is 0 Å². The average Bonchev–Trinajstić information content (AvgIpc) is 2.54. The van der Waals surface area contributed by atoms with Gasteiger partial charge in [0, 0.05) is 11.6 Å². The molecular weight excluding hydrogens is 296 g/mol. The van der Waals surface area contributed by atoms with Crippen LogP contribution in [0.25, 0.3) is 0 Å². The van der Waals surface area contributed by atoms with Crippen molar-refractivity contribution in [1.82, 2.24) is 5.32 Å². The molecule has 0 heterocycles. The Bertz CT molecular complexity index is 574. The number of ether oxygens (including phenoxy) is 2. The normalized spacial score (nSPS) is 20.6. The van der Waals surface area contributed by atoms with Gasteiger partial charge in [-0.1, -0.05) is 19.8 Å². The molecule has 1 aliphatic carbocycles. The molecule has 1 fully saturated rings. The first kappa shape index (κ1) is 17.1. The molecule has 126 valence electrons. The van der Waals surface area contributed by atoms with Crippen LogP contribution < -0.4 is 20.5 Å². The molecule has 0 radical (unpaired) electrons. The van der Waals surface area contributed by atoms with Gasteiger partial charge >= 0.3 is 0 Å². The topological polar surface area (TPSA) is 90.7 Å². The van der Waals surface area contributed by atoms with Crippen molar-refractivity contribution in [3.8, 4) is 11.5 Å². The highest BCUT2D eigenvalue weighted by molar-refractivity contribution is 5.95. The number of carbonyl (C=O) groups is 2. The maximum Gasteiger partial charge on any atom is 0.255 e. The molecule has 0 saturated heterocycles. The molecule has 23 heavy (non-hydrogen) atoms. The van der Waals surface area contributed by atoms with Crippen molar-refractivity contribution in [2.45, 2.75) is 38.6 Å². The summed E-state index contributed by atoms with van der Waals surface area (Å²) in [5.41, 5.74) is 5.56. The first-order valence-corrected chi connectivity index (χ1v) is 7.91. The van der Waals surface area contributed by atoms with Crippen molar-refractivity contribution in [2.24, 2.45) is 11.7 Å². The molecule has 3 N–H and O–H groups in total. The van der Waals surface area contributed by atoms with Crippen LogP contribution in [0, 0.1) is 5.92 Å². The summed E-state index contributed by atoms with van der Waals surface area (Å²) in [4.78, 5) is 23.2. The Morgan fingerprint density at radius 2 is 2.00 bits per heavy atom. The van der Waals surface area contributed by atoms with Crippen molar-refractivity contribution in [1.29, 1.82) is 0 Å². The zero-order chi connectivity index (χ0) is 16.8. The van der Waals surface area contributed by atoms with Crippen LogP contribution in [0.2, 0.25) is 0 Å². The number of hydrogen-bond donors (Lipinski definition) is 2. The van der Waals surface area contributed by atoms with E-state index in [1.54, 1.807) is 18.2 Å². The van der Waals surface area contributed by atoms with Crippen LogP contribution in [0.1, 0.15) is 43.0 Å². The van der Waals surface area contributed by atoms with E-state index < -0.39 is 5.91 Å². The van der Waals surface area contributed by atoms with Gasteiger partial charge in [-0.05, 0) is 37.0 Å². The van der Waals surface area contributed by atoms with E-state index in [9.17, 15) is 9.59 Å². The average molecular weight is 320 g/mol. The number of benzene rings is 1. The predicted octanol–water partition coefficient (Wildman–Crippen LogP) is 1.87. The lowest BCUT2D eigenvalue weighted by molar-refractivity contribution is -0.119. The number of amides is 2. The third-order valence-corrected chi connectivity index (χ3v) is 4.22. The largest absolute Gasteiger partial charge is 0.493 e. The molecule has 0 spiro atoms. The third-order valence-electron chi connectivity index (χ3n) is 4.22. The van der Waals surface area contributed by atoms with Gasteiger partial charge in [-0.15, -0.1) is 0 Å². The summed E-state index contributed by atoms with van der Waals surface area (Å²) in [5.74, 6) is 0.584. The summed E-state index contributed by atoms with van der Waals surface area (Å²) in [6.45, 7) is 1.94. The standard InChI is InChI=1S/C17H24N2O4/c1-11-5-3-4-6-13(11)19-17(21)12-7-8-14(15(9-12)22-2)23-10-16(18)20/h7-9,11,13H,3-6,10H2,1-2H3,(H2,18,20)(H,19,21)/t11-,13-/m0/s1. The highest BCUT2D eigenvalue weighted by Gasteiger charge is 2.23. The van der Waals surface area contributed by atoms with E-state index in [1.807, 2.05) is 0 Å². The Balaban J connectivity index is 2.06. The van der Waals surface area contributed by atoms with E-state index in [-0.39, 0.29) is 18.6 Å². The van der Waals surface area contributed by atoms with Gasteiger partial charge in [-0.25, -0.2) is 0 Å². The van der Waals surface area contributed by atoms with Gasteiger partial charge in [-0.2, -0.15) is 0 Å². The van der Waals surface area contributed by atoms with Crippen LogP contribution in [-0.2, 0) is 4.79 Å². The monoisotopic (exact) mass is 320 g/mol. The molecule has 1 aromatic rings. The molecule has 0 unspecified atom stereocenters. The minimum Gasteiger partial charge on any atom is -0.493 e. The first-order chi connectivity index (χ1) is 11.0. The van der Waals surface area contributed by atoms with Gasteiger partial charge < -0.3 is 20.5 Å². The first-order valence-electron chi connectivity index (χ1n) is 7.91. The van der Waals surface area contributed by atoms with E-state index >= 15 is 0 Å². The van der Waals surface area contributed by atoms with Crippen LogP contribution >= 0.6 is 0 Å². The Labute approximate surface area is 136 Å². The number of primary amides is 1. The number of hydrogen-bond acceptors (Lipinski definition) is 4. The number of methoxy groups -OCH3 is 1. The maximum atomic E-state index is 12.4. The third kappa shape index (κ3) is 4.61. The Kier molecular flexibility index (Phi) is 5.84. The lowest BCUT2D eigenvalue weighted by Crippen LogP contribution is -2.41. The fourth-order valence-corrected chi connectivity index (χ4v) is 2.86. The van der Waals surface area contributed by atoms with Crippen molar-refractivity contribution in [3.63, 3.8) is 0 Å². The number of carbonyl (C=O) groups excluding carboxylic acids is 2. The molecular formula is C17H24N2O4. The van der Waals surface area contributed by atoms with Gasteiger partial charge in [0.25, 0.3) is 11.8 Å². The summed E-state index contributed by atoms with van der Waals surface area (Å²) in [6, 6.07) is 5.09. The smallest absolute Gasteiger partial charge is 0.255 e. The number of rotatable bonds is 6. The molecule has 6 heteroatoms. The van der Waals surface area contributed by atoms with E-state index in [0.29, 0.717) is 23.0 Å². The highest BCUT2D eigenvalue weighted by atomic mass is 16.5. The second kappa shape index (κ2) is 7.85. The lowest BCUT2D eigenvalue weighted by atomic mass is 9.86. The van der Waals surface area contributed by atoms with Gasteiger partial charge in [0.15, 0.2) is 18.1 Å². The van der Waals surface area contributed by atoms with Crippen molar-refractivity contribution < 1.29 is 19.1 Å². The summed E-state index contributed by atoms with van der Waals surface area (Å²) < 4.78 is 10.5. The van der Waals surface area contributed by atoms with Gasteiger partial charge in [0.1, 0.15) is 0 Å². The molecule has 2 atom stereocenters. The van der Waals surface area contributed by atoms with Crippen molar-refractivity contribution >= 4 is 11.8 Å². The second-order valence-electron chi connectivity index (χ2n) is 5.96. The highest BCUT2D eigenvalue weighted by Crippen LogP contribution is 2.29. The Morgan fingerprint density at radius 3 is 2.65 bits per heavy atom. The van der Waals surface area contributed by atoms with Crippen LogP contribution in [0.5, 0.6) is 11.5 Å². The van der Waals surface area contributed by atoms with Crippen LogP contribution in [0.15, 0.2) is 18.2 Å². The van der Waals surface area contributed by atoms with Crippen molar-refractivity contribution in [2.75, 3.05) is 13.7 Å². The van der Waals surface area contributed by atoms with Crippen LogP contribution in [-0.4, -0.2) is 31.6 Å². The van der Waals surface area contributed by atoms with E-state index in [1.165, 1.54) is 13.5 Å². The maximum absolute atomic E-state index is 12.4. The second-order valence-corrected chi connectivity index (χ2v) is 5.96. The summed E-state index contributed by atoms with van der Waals surface area (Å²) in [5, 5.41) is 3.10. The quantitative estimate of drug-likeness (QED) is 0.837. The number of nitrogens with two attached hydrogens (primary N) is 1. The Morgan fingerprint density at radius 1 is 1.26 bits per heavy atom. The zero-order valence-electron chi connectivity index (χ0n) is 13.6. The summed E-state index contributed by atoms with van der Waals surface area (Å²) in [6.07, 6.45) is 4.55. The lowest BCUT2D eigenvalue weighted by Gasteiger charge is -2.29. The molecule has 6 nitrogen and oxygen atoms in total. The molecule has 2 amide bonds. The molecule has 1 aliphatic rings. The van der Waals surface area contributed by atoms with Gasteiger partial charge in [-0.3, -0.25) is 9.59 Å². The van der Waals surface area contributed by atoms with E-state index in [4.69, 9.17) is 15.2 Å². The van der Waals surface area contributed by atoms with Crippen LogP contribution in [0.3, 0.4) is 0 Å².